The molecule has 90 valence electrons. The number of anilines is 1. The van der Waals surface area contributed by atoms with Gasteiger partial charge in [-0.05, 0) is 6.07 Å². The maximum Gasteiger partial charge on any atom is 0.159 e. The van der Waals surface area contributed by atoms with E-state index in [4.69, 9.17) is 11.6 Å². The number of nitrogens with one attached hydrogen (secondary N) is 2. The van der Waals surface area contributed by atoms with Crippen LogP contribution in [0.15, 0.2) is 36.5 Å². The molecule has 0 radical (unpaired) electrons. The molecule has 0 bridgehead atoms. The van der Waals surface area contributed by atoms with Crippen LogP contribution >= 0.6 is 11.6 Å². The Morgan fingerprint density at radius 1 is 1.11 bits per heavy atom. The van der Waals surface area contributed by atoms with Crippen LogP contribution in [0.3, 0.4) is 0 Å². The normalized spacial score (nSPS) is 10.7. The highest BCUT2D eigenvalue weighted by molar-refractivity contribution is 6.34. The second-order valence-electron chi connectivity index (χ2n) is 3.82. The number of fused-ring (bicyclic) bond motifs is 1. The van der Waals surface area contributed by atoms with Gasteiger partial charge in [-0.3, -0.25) is 5.10 Å². The Labute approximate surface area is 108 Å². The Hall–Kier alpha value is -2.14. The molecule has 6 heteroatoms. The van der Waals surface area contributed by atoms with E-state index >= 15 is 0 Å². The number of benzene rings is 1. The first-order chi connectivity index (χ1) is 8.84. The molecule has 0 fully saturated rings. The van der Waals surface area contributed by atoms with E-state index in [0.717, 1.165) is 16.5 Å². The molecule has 0 unspecified atom stereocenters. The highest BCUT2D eigenvalue weighted by Gasteiger charge is 2.06. The fourth-order valence-corrected chi connectivity index (χ4v) is 1.97. The summed E-state index contributed by atoms with van der Waals surface area (Å²) in [7, 11) is 0. The Morgan fingerprint density at radius 2 is 1.94 bits per heavy atom. The number of rotatable bonds is 3. The number of aromatic amines is 1. The molecule has 0 saturated carbocycles. The lowest BCUT2D eigenvalue weighted by molar-refractivity contribution is 0.960. The van der Waals surface area contributed by atoms with E-state index in [-0.39, 0.29) is 0 Å². The van der Waals surface area contributed by atoms with Gasteiger partial charge in [-0.25, -0.2) is 0 Å². The Balaban J connectivity index is 1.94. The molecule has 2 heterocycles. The van der Waals surface area contributed by atoms with Crippen LogP contribution in [0.1, 0.15) is 5.69 Å². The second kappa shape index (κ2) is 4.62. The van der Waals surface area contributed by atoms with E-state index in [1.54, 1.807) is 6.20 Å². The molecule has 0 spiro atoms. The second-order valence-corrected chi connectivity index (χ2v) is 4.18. The van der Waals surface area contributed by atoms with Gasteiger partial charge >= 0.3 is 0 Å². The minimum absolute atomic E-state index is 0.415. The summed E-state index contributed by atoms with van der Waals surface area (Å²) in [6.45, 7) is 0.611. The van der Waals surface area contributed by atoms with Gasteiger partial charge in [0.2, 0.25) is 0 Å². The number of H-pyrrole nitrogens is 1. The van der Waals surface area contributed by atoms with E-state index < -0.39 is 0 Å². The molecule has 0 aliphatic heterocycles. The number of hydrogen-bond donors (Lipinski definition) is 2. The highest BCUT2D eigenvalue weighted by atomic mass is 35.5. The molecule has 0 atom stereocenters. The quantitative estimate of drug-likeness (QED) is 0.759. The van der Waals surface area contributed by atoms with E-state index in [9.17, 15) is 0 Å². The van der Waals surface area contributed by atoms with Gasteiger partial charge in [0, 0.05) is 17.0 Å². The van der Waals surface area contributed by atoms with Crippen LogP contribution in [-0.2, 0) is 6.54 Å². The molecule has 18 heavy (non-hydrogen) atoms. The van der Waals surface area contributed by atoms with Crippen molar-refractivity contribution in [3.8, 4) is 0 Å². The van der Waals surface area contributed by atoms with Crippen molar-refractivity contribution < 1.29 is 0 Å². The molecule has 5 nitrogen and oxygen atoms in total. The van der Waals surface area contributed by atoms with Gasteiger partial charge in [0.25, 0.3) is 0 Å². The minimum Gasteiger partial charge on any atom is -0.362 e. The number of hydrogen-bond acceptors (Lipinski definition) is 4. The summed E-state index contributed by atoms with van der Waals surface area (Å²) in [6, 6.07) is 9.66. The standard InChI is InChI=1S/C12H10ClN5/c13-11-9-3-1-2-4-10(9)12(18-17-11)14-7-8-5-6-15-16-8/h1-6H,7H2,(H,14,18)(H,15,16). The zero-order valence-electron chi connectivity index (χ0n) is 9.39. The van der Waals surface area contributed by atoms with Gasteiger partial charge in [-0.1, -0.05) is 35.9 Å². The Kier molecular flexibility index (Phi) is 2.82. The number of halogens is 1. The lowest BCUT2D eigenvalue weighted by Crippen LogP contribution is -2.03. The van der Waals surface area contributed by atoms with Crippen LogP contribution in [0.2, 0.25) is 5.15 Å². The van der Waals surface area contributed by atoms with Crippen LogP contribution in [-0.4, -0.2) is 20.4 Å². The third-order valence-corrected chi connectivity index (χ3v) is 2.93. The summed E-state index contributed by atoms with van der Waals surface area (Å²) in [4.78, 5) is 0. The molecule has 0 saturated heterocycles. The van der Waals surface area contributed by atoms with Crippen molar-refractivity contribution in [1.29, 1.82) is 0 Å². The van der Waals surface area contributed by atoms with Crippen molar-refractivity contribution in [3.63, 3.8) is 0 Å². The zero-order valence-corrected chi connectivity index (χ0v) is 10.1. The van der Waals surface area contributed by atoms with Crippen LogP contribution in [0, 0.1) is 0 Å². The first-order valence-electron chi connectivity index (χ1n) is 5.47. The molecule has 0 amide bonds. The maximum absolute atomic E-state index is 6.01. The molecule has 3 aromatic rings. The Morgan fingerprint density at radius 3 is 2.72 bits per heavy atom. The minimum atomic E-state index is 0.415. The van der Waals surface area contributed by atoms with Crippen LogP contribution in [0.4, 0.5) is 5.82 Å². The first-order valence-corrected chi connectivity index (χ1v) is 5.85. The third-order valence-electron chi connectivity index (χ3n) is 2.65. The zero-order chi connectivity index (χ0) is 12.4. The molecule has 2 N–H and O–H groups in total. The van der Waals surface area contributed by atoms with Crippen molar-refractivity contribution in [2.24, 2.45) is 0 Å². The summed E-state index contributed by atoms with van der Waals surface area (Å²) in [5, 5.41) is 20.3. The van der Waals surface area contributed by atoms with E-state index in [1.165, 1.54) is 0 Å². The van der Waals surface area contributed by atoms with Crippen LogP contribution in [0.25, 0.3) is 10.8 Å². The summed E-state index contributed by atoms with van der Waals surface area (Å²) in [5.74, 6) is 0.713. The molecular formula is C12H10ClN5. The number of aromatic nitrogens is 4. The van der Waals surface area contributed by atoms with E-state index in [1.807, 2.05) is 30.3 Å². The molecule has 2 aromatic heterocycles. The van der Waals surface area contributed by atoms with Crippen molar-refractivity contribution in [1.82, 2.24) is 20.4 Å². The largest absolute Gasteiger partial charge is 0.362 e. The smallest absolute Gasteiger partial charge is 0.159 e. The summed E-state index contributed by atoms with van der Waals surface area (Å²) < 4.78 is 0. The first kappa shape index (κ1) is 11.0. The van der Waals surface area contributed by atoms with Crippen molar-refractivity contribution in [2.75, 3.05) is 5.32 Å². The predicted octanol–water partition coefficient (Wildman–Crippen LogP) is 2.62. The fourth-order valence-electron chi connectivity index (χ4n) is 1.76. The van der Waals surface area contributed by atoms with Gasteiger partial charge in [-0.15, -0.1) is 10.2 Å². The van der Waals surface area contributed by atoms with E-state index in [0.29, 0.717) is 17.5 Å². The highest BCUT2D eigenvalue weighted by Crippen LogP contribution is 2.25. The van der Waals surface area contributed by atoms with Crippen LogP contribution in [0.5, 0.6) is 0 Å². The average Bonchev–Trinajstić information content (AvgIpc) is 2.92. The predicted molar refractivity (Wildman–Crippen MR) is 70.5 cm³/mol. The summed E-state index contributed by atoms with van der Waals surface area (Å²) in [5.41, 5.74) is 0.982. The van der Waals surface area contributed by atoms with Gasteiger partial charge in [0.1, 0.15) is 0 Å². The molecule has 0 aliphatic carbocycles. The molecule has 0 aliphatic rings. The third kappa shape index (κ3) is 2.00. The number of nitrogens with zero attached hydrogens (tertiary/aromatic N) is 3. The summed E-state index contributed by atoms with van der Waals surface area (Å²) in [6.07, 6.45) is 1.71. The van der Waals surface area contributed by atoms with Gasteiger partial charge in [-0.2, -0.15) is 5.10 Å². The van der Waals surface area contributed by atoms with Crippen molar-refractivity contribution in [3.05, 3.63) is 47.4 Å². The average molecular weight is 260 g/mol. The van der Waals surface area contributed by atoms with Crippen LogP contribution < -0.4 is 5.32 Å². The summed E-state index contributed by atoms with van der Waals surface area (Å²) >= 11 is 6.01. The molecular weight excluding hydrogens is 250 g/mol. The lowest BCUT2D eigenvalue weighted by Gasteiger charge is -2.07. The SMILES string of the molecule is Clc1nnc(NCc2ccn[nH]2)c2ccccc12. The molecule has 3 rings (SSSR count). The maximum atomic E-state index is 6.01. The Bertz CT molecular complexity index is 665. The van der Waals surface area contributed by atoms with Gasteiger partial charge in [0.05, 0.1) is 12.2 Å². The lowest BCUT2D eigenvalue weighted by atomic mass is 10.2. The van der Waals surface area contributed by atoms with E-state index in [2.05, 4.69) is 25.7 Å². The monoisotopic (exact) mass is 259 g/mol. The topological polar surface area (TPSA) is 66.5 Å². The van der Waals surface area contributed by atoms with Crippen molar-refractivity contribution in [2.45, 2.75) is 6.54 Å². The van der Waals surface area contributed by atoms with Crippen molar-refractivity contribution >= 4 is 28.2 Å². The van der Waals surface area contributed by atoms with Gasteiger partial charge in [0.15, 0.2) is 11.0 Å². The molecule has 1 aromatic carbocycles. The van der Waals surface area contributed by atoms with Gasteiger partial charge < -0.3 is 5.32 Å². The fraction of sp³-hybridized carbons (Fsp3) is 0.0833.